The van der Waals surface area contributed by atoms with Crippen LogP contribution in [-0.4, -0.2) is 37.2 Å². The molecule has 2 atom stereocenters. The summed E-state index contributed by atoms with van der Waals surface area (Å²) in [6.45, 7) is 6.71. The molecule has 180 valence electrons. The molecule has 4 aromatic rings. The van der Waals surface area contributed by atoms with Gasteiger partial charge in [0.2, 0.25) is 5.01 Å². The van der Waals surface area contributed by atoms with Gasteiger partial charge in [-0.2, -0.15) is 5.10 Å². The molecule has 0 unspecified atom stereocenters. The Hall–Kier alpha value is -3.47. The first kappa shape index (κ1) is 22.0. The molecule has 8 nitrogen and oxygen atoms in total. The van der Waals surface area contributed by atoms with Crippen molar-refractivity contribution in [1.82, 2.24) is 24.8 Å². The average molecular weight is 496 g/mol. The topological polar surface area (TPSA) is 88.3 Å². The number of benzene rings is 1. The Morgan fingerprint density at radius 3 is 2.80 bits per heavy atom. The number of carbonyl (C=O) groups is 1. The Balaban J connectivity index is 1.32. The van der Waals surface area contributed by atoms with E-state index in [9.17, 15) is 13.6 Å². The normalized spacial score (nSPS) is 21.4. The molecule has 1 saturated carbocycles. The molecule has 1 aliphatic carbocycles. The number of amides is 1. The van der Waals surface area contributed by atoms with Gasteiger partial charge >= 0.3 is 0 Å². The van der Waals surface area contributed by atoms with Gasteiger partial charge in [0.25, 0.3) is 5.91 Å². The molecule has 11 heteroatoms. The lowest BCUT2D eigenvalue weighted by Crippen LogP contribution is -2.34. The van der Waals surface area contributed by atoms with Crippen LogP contribution in [0.15, 0.2) is 36.7 Å². The van der Waals surface area contributed by atoms with Gasteiger partial charge in [-0.15, -0.1) is 10.2 Å². The molecule has 6 rings (SSSR count). The lowest BCUT2D eigenvalue weighted by Gasteiger charge is -2.30. The van der Waals surface area contributed by atoms with Gasteiger partial charge < -0.3 is 10.2 Å². The number of nitrogens with one attached hydrogen (secondary N) is 1. The Kier molecular flexibility index (Phi) is 4.73. The van der Waals surface area contributed by atoms with Gasteiger partial charge in [0.05, 0.1) is 11.7 Å². The van der Waals surface area contributed by atoms with Gasteiger partial charge in [0.1, 0.15) is 28.1 Å². The smallest absolute Gasteiger partial charge is 0.286 e. The maximum Gasteiger partial charge on any atom is 0.286 e. The Morgan fingerprint density at radius 2 is 2.06 bits per heavy atom. The molecule has 1 amide bonds. The molecular weight excluding hydrogens is 472 g/mol. The Labute approximate surface area is 204 Å². The van der Waals surface area contributed by atoms with Crippen LogP contribution in [0.4, 0.5) is 20.3 Å². The summed E-state index contributed by atoms with van der Waals surface area (Å²) >= 11 is 1.25. The van der Waals surface area contributed by atoms with Crippen molar-refractivity contribution >= 4 is 34.4 Å². The van der Waals surface area contributed by atoms with Crippen molar-refractivity contribution < 1.29 is 13.6 Å². The van der Waals surface area contributed by atoms with E-state index < -0.39 is 17.2 Å². The molecular formula is C24H23F2N7OS. The SMILES string of the molecule is CC(C)(C)c1nnc(C(=O)Nc2cnn3ccc(N4CC[C@H]5C[C@]54c4cc(F)ccc4F)nc23)s1. The van der Waals surface area contributed by atoms with Gasteiger partial charge in [-0.25, -0.2) is 18.3 Å². The van der Waals surface area contributed by atoms with Crippen molar-refractivity contribution in [1.29, 1.82) is 0 Å². The fraction of sp³-hybridized carbons (Fsp3) is 0.375. The predicted molar refractivity (Wildman–Crippen MR) is 128 cm³/mol. The quantitative estimate of drug-likeness (QED) is 0.447. The minimum Gasteiger partial charge on any atom is -0.346 e. The fourth-order valence-corrected chi connectivity index (χ4v) is 5.78. The highest BCUT2D eigenvalue weighted by Gasteiger charge is 2.64. The van der Waals surface area contributed by atoms with E-state index in [0.29, 0.717) is 29.3 Å². The first-order chi connectivity index (χ1) is 16.7. The highest BCUT2D eigenvalue weighted by atomic mass is 32.1. The zero-order chi connectivity index (χ0) is 24.5. The van der Waals surface area contributed by atoms with E-state index in [2.05, 4.69) is 25.5 Å². The summed E-state index contributed by atoms with van der Waals surface area (Å²) in [5.74, 6) is -0.380. The van der Waals surface area contributed by atoms with Gasteiger partial charge in [0, 0.05) is 23.7 Å². The molecule has 1 saturated heterocycles. The zero-order valence-corrected chi connectivity index (χ0v) is 20.2. The van der Waals surface area contributed by atoms with E-state index in [1.165, 1.54) is 29.7 Å². The average Bonchev–Trinajstić information content (AvgIpc) is 3.20. The highest BCUT2D eigenvalue weighted by Crippen LogP contribution is 2.63. The summed E-state index contributed by atoms with van der Waals surface area (Å²) in [5.41, 5.74) is 0.452. The molecule has 2 fully saturated rings. The molecule has 1 aliphatic heterocycles. The number of nitrogens with zero attached hydrogens (tertiary/aromatic N) is 6. The number of hydrogen-bond acceptors (Lipinski definition) is 7. The van der Waals surface area contributed by atoms with E-state index in [-0.39, 0.29) is 22.2 Å². The van der Waals surface area contributed by atoms with E-state index in [1.54, 1.807) is 10.7 Å². The summed E-state index contributed by atoms with van der Waals surface area (Å²) in [6.07, 6.45) is 4.90. The number of anilines is 2. The number of aromatic nitrogens is 5. The molecule has 0 radical (unpaired) electrons. The minimum atomic E-state index is -0.600. The second-order valence-electron chi connectivity index (χ2n) is 10.1. The van der Waals surface area contributed by atoms with Crippen LogP contribution >= 0.6 is 11.3 Å². The van der Waals surface area contributed by atoms with Crippen LogP contribution in [0.25, 0.3) is 5.65 Å². The maximum absolute atomic E-state index is 14.7. The first-order valence-electron chi connectivity index (χ1n) is 11.4. The van der Waals surface area contributed by atoms with Crippen molar-refractivity contribution in [3.8, 4) is 0 Å². The fourth-order valence-electron chi connectivity index (χ4n) is 4.99. The first-order valence-corrected chi connectivity index (χ1v) is 12.2. The van der Waals surface area contributed by atoms with E-state index in [1.807, 2.05) is 26.8 Å². The molecule has 35 heavy (non-hydrogen) atoms. The lowest BCUT2D eigenvalue weighted by molar-refractivity contribution is 0.102. The summed E-state index contributed by atoms with van der Waals surface area (Å²) in [6, 6.07) is 5.43. The molecule has 1 N–H and O–H groups in total. The largest absolute Gasteiger partial charge is 0.346 e. The van der Waals surface area contributed by atoms with Crippen LogP contribution in [0.3, 0.4) is 0 Å². The van der Waals surface area contributed by atoms with Gasteiger partial charge in [-0.3, -0.25) is 4.79 Å². The molecule has 4 heterocycles. The van der Waals surface area contributed by atoms with E-state index >= 15 is 0 Å². The van der Waals surface area contributed by atoms with Crippen molar-refractivity contribution in [2.75, 3.05) is 16.8 Å². The number of rotatable bonds is 4. The molecule has 1 aromatic carbocycles. The number of fused-ring (bicyclic) bond motifs is 2. The summed E-state index contributed by atoms with van der Waals surface area (Å²) in [7, 11) is 0. The minimum absolute atomic E-state index is 0.204. The van der Waals surface area contributed by atoms with Gasteiger partial charge in [-0.05, 0) is 43.0 Å². The number of hydrogen-bond donors (Lipinski definition) is 1. The summed E-state index contributed by atoms with van der Waals surface area (Å²) in [5, 5.41) is 16.3. The van der Waals surface area contributed by atoms with Crippen molar-refractivity contribution in [3.63, 3.8) is 0 Å². The lowest BCUT2D eigenvalue weighted by atomic mass is 9.98. The number of halogens is 2. The Bertz CT molecular complexity index is 1480. The second kappa shape index (κ2) is 7.51. The second-order valence-corrected chi connectivity index (χ2v) is 11.1. The van der Waals surface area contributed by atoms with Crippen LogP contribution in [0.5, 0.6) is 0 Å². The molecule has 0 spiro atoms. The third-order valence-electron chi connectivity index (χ3n) is 6.79. The van der Waals surface area contributed by atoms with Crippen molar-refractivity contribution in [2.24, 2.45) is 5.92 Å². The van der Waals surface area contributed by atoms with Crippen LogP contribution in [0, 0.1) is 17.6 Å². The molecule has 0 bridgehead atoms. The number of carbonyl (C=O) groups excluding carboxylic acids is 1. The van der Waals surface area contributed by atoms with E-state index in [4.69, 9.17) is 4.98 Å². The van der Waals surface area contributed by atoms with Crippen LogP contribution in [-0.2, 0) is 11.0 Å². The third kappa shape index (κ3) is 3.48. The standard InChI is InChI=1S/C24H23F2N7OS/c1-23(2,3)22-31-30-21(35-22)20(34)28-17-12-27-33-9-7-18(29-19(17)33)32-8-6-13-11-24(13,32)15-10-14(25)4-5-16(15)26/h4-5,7,9-10,12-13H,6,8,11H2,1-3H3,(H,28,34)/t13-,24+/m0/s1. The van der Waals surface area contributed by atoms with Crippen LogP contribution in [0.1, 0.15) is 54.0 Å². The maximum atomic E-state index is 14.7. The monoisotopic (exact) mass is 495 g/mol. The number of piperidine rings is 1. The third-order valence-corrected chi connectivity index (χ3v) is 8.14. The van der Waals surface area contributed by atoms with Crippen molar-refractivity contribution in [3.05, 3.63) is 63.9 Å². The molecule has 2 aliphatic rings. The van der Waals surface area contributed by atoms with Crippen LogP contribution in [0.2, 0.25) is 0 Å². The highest BCUT2D eigenvalue weighted by molar-refractivity contribution is 7.13. The predicted octanol–water partition coefficient (Wildman–Crippen LogP) is 4.53. The van der Waals surface area contributed by atoms with Gasteiger partial charge in [-0.1, -0.05) is 32.1 Å². The van der Waals surface area contributed by atoms with Gasteiger partial charge in [0.15, 0.2) is 5.65 Å². The Morgan fingerprint density at radius 1 is 1.23 bits per heavy atom. The zero-order valence-electron chi connectivity index (χ0n) is 19.4. The van der Waals surface area contributed by atoms with Crippen LogP contribution < -0.4 is 10.2 Å². The summed E-state index contributed by atoms with van der Waals surface area (Å²) < 4.78 is 30.3. The summed E-state index contributed by atoms with van der Waals surface area (Å²) in [4.78, 5) is 19.7. The molecule has 3 aromatic heterocycles. The van der Waals surface area contributed by atoms with E-state index in [0.717, 1.165) is 23.9 Å². The van der Waals surface area contributed by atoms with Crippen molar-refractivity contribution in [2.45, 2.75) is 44.6 Å².